The molecule has 1 amide bonds. The molecule has 1 aromatic carbocycles. The topological polar surface area (TPSA) is 29.5 Å². The summed E-state index contributed by atoms with van der Waals surface area (Å²) in [5, 5.41) is 0. The third-order valence-electron chi connectivity index (χ3n) is 2.43. The normalized spacial score (nSPS) is 20.6. The van der Waals surface area contributed by atoms with Gasteiger partial charge in [-0.25, -0.2) is 9.18 Å². The van der Waals surface area contributed by atoms with Crippen LogP contribution in [0.2, 0.25) is 0 Å². The van der Waals surface area contributed by atoms with Crippen molar-refractivity contribution in [3.8, 4) is 0 Å². The lowest BCUT2D eigenvalue weighted by Gasteiger charge is -2.13. The fourth-order valence-corrected chi connectivity index (χ4v) is 1.57. The van der Waals surface area contributed by atoms with Crippen molar-refractivity contribution in [1.82, 2.24) is 0 Å². The van der Waals surface area contributed by atoms with E-state index in [1.807, 2.05) is 6.92 Å². The molecule has 1 fully saturated rings. The van der Waals surface area contributed by atoms with Crippen LogP contribution >= 0.6 is 0 Å². The first-order valence-electron chi connectivity index (χ1n) is 4.82. The summed E-state index contributed by atoms with van der Waals surface area (Å²) in [6, 6.07) is 4.73. The second-order valence-corrected chi connectivity index (χ2v) is 3.74. The fourth-order valence-electron chi connectivity index (χ4n) is 1.57. The molecule has 1 unspecified atom stereocenters. The SMILES string of the molecule is Cc1ccc(N2CC(C)OC2=O)cc1F. The van der Waals surface area contributed by atoms with Crippen molar-refractivity contribution in [2.24, 2.45) is 0 Å². The van der Waals surface area contributed by atoms with Crippen molar-refractivity contribution in [2.75, 3.05) is 11.4 Å². The maximum atomic E-state index is 13.3. The quantitative estimate of drug-likeness (QED) is 0.711. The van der Waals surface area contributed by atoms with Gasteiger partial charge in [-0.15, -0.1) is 0 Å². The number of cyclic esters (lactones) is 1. The van der Waals surface area contributed by atoms with Gasteiger partial charge < -0.3 is 4.74 Å². The van der Waals surface area contributed by atoms with Crippen LogP contribution in [0.5, 0.6) is 0 Å². The maximum absolute atomic E-state index is 13.3. The highest BCUT2D eigenvalue weighted by atomic mass is 19.1. The van der Waals surface area contributed by atoms with Gasteiger partial charge in [0, 0.05) is 0 Å². The van der Waals surface area contributed by atoms with E-state index in [2.05, 4.69) is 0 Å². The van der Waals surface area contributed by atoms with E-state index in [9.17, 15) is 9.18 Å². The van der Waals surface area contributed by atoms with E-state index in [0.717, 1.165) is 0 Å². The molecule has 0 N–H and O–H groups in total. The van der Waals surface area contributed by atoms with Crippen LogP contribution in [0.25, 0.3) is 0 Å². The zero-order valence-electron chi connectivity index (χ0n) is 8.66. The third-order valence-corrected chi connectivity index (χ3v) is 2.43. The number of anilines is 1. The van der Waals surface area contributed by atoms with Crippen molar-refractivity contribution in [2.45, 2.75) is 20.0 Å². The lowest BCUT2D eigenvalue weighted by Crippen LogP contribution is -2.24. The maximum Gasteiger partial charge on any atom is 0.414 e. The Bertz CT molecular complexity index is 406. The molecule has 0 aliphatic carbocycles. The Labute approximate surface area is 87.5 Å². The lowest BCUT2D eigenvalue weighted by molar-refractivity contribution is 0.150. The molecule has 0 aromatic heterocycles. The molecular formula is C11H12FNO2. The monoisotopic (exact) mass is 209 g/mol. The first kappa shape index (κ1) is 9.96. The predicted molar refractivity (Wildman–Crippen MR) is 54.4 cm³/mol. The molecule has 3 nitrogen and oxygen atoms in total. The number of halogens is 1. The zero-order chi connectivity index (χ0) is 11.0. The minimum atomic E-state index is -0.411. The first-order chi connectivity index (χ1) is 7.08. The van der Waals surface area contributed by atoms with Gasteiger partial charge in [0.1, 0.15) is 11.9 Å². The summed E-state index contributed by atoms with van der Waals surface area (Å²) >= 11 is 0. The molecule has 80 valence electrons. The van der Waals surface area contributed by atoms with Crippen LogP contribution in [0.3, 0.4) is 0 Å². The van der Waals surface area contributed by atoms with Crippen molar-refractivity contribution in [1.29, 1.82) is 0 Å². The van der Waals surface area contributed by atoms with Gasteiger partial charge in [-0.05, 0) is 31.5 Å². The first-order valence-corrected chi connectivity index (χ1v) is 4.82. The summed E-state index contributed by atoms with van der Waals surface area (Å²) in [7, 11) is 0. The van der Waals surface area contributed by atoms with E-state index >= 15 is 0 Å². The molecule has 1 atom stereocenters. The number of carbonyl (C=O) groups excluding carboxylic acids is 1. The summed E-state index contributed by atoms with van der Waals surface area (Å²) < 4.78 is 18.2. The molecular weight excluding hydrogens is 197 g/mol. The molecule has 4 heteroatoms. The number of nitrogens with zero attached hydrogens (tertiary/aromatic N) is 1. The van der Waals surface area contributed by atoms with E-state index in [1.165, 1.54) is 11.0 Å². The third kappa shape index (κ3) is 1.79. The number of hydrogen-bond acceptors (Lipinski definition) is 2. The molecule has 2 rings (SSSR count). The number of carbonyl (C=O) groups is 1. The van der Waals surface area contributed by atoms with Gasteiger partial charge in [0.15, 0.2) is 0 Å². The van der Waals surface area contributed by atoms with Crippen molar-refractivity contribution in [3.63, 3.8) is 0 Å². The number of hydrogen-bond donors (Lipinski definition) is 0. The van der Waals surface area contributed by atoms with Gasteiger partial charge in [-0.1, -0.05) is 6.07 Å². The Morgan fingerprint density at radius 3 is 2.80 bits per heavy atom. The number of benzene rings is 1. The van der Waals surface area contributed by atoms with Crippen LogP contribution in [0, 0.1) is 12.7 Å². The summed E-state index contributed by atoms with van der Waals surface area (Å²) in [4.78, 5) is 12.8. The van der Waals surface area contributed by atoms with Gasteiger partial charge in [-0.2, -0.15) is 0 Å². The smallest absolute Gasteiger partial charge is 0.414 e. The Hall–Kier alpha value is -1.58. The highest BCUT2D eigenvalue weighted by Gasteiger charge is 2.29. The van der Waals surface area contributed by atoms with Crippen LogP contribution in [-0.4, -0.2) is 18.7 Å². The lowest BCUT2D eigenvalue weighted by atomic mass is 10.2. The Balaban J connectivity index is 2.30. The average Bonchev–Trinajstić information content (AvgIpc) is 2.50. The van der Waals surface area contributed by atoms with Crippen LogP contribution in [-0.2, 0) is 4.74 Å². The van der Waals surface area contributed by atoms with Gasteiger partial charge in [-0.3, -0.25) is 4.90 Å². The van der Waals surface area contributed by atoms with E-state index in [0.29, 0.717) is 17.8 Å². The largest absolute Gasteiger partial charge is 0.444 e. The van der Waals surface area contributed by atoms with Crippen LogP contribution in [0.1, 0.15) is 12.5 Å². The van der Waals surface area contributed by atoms with Crippen LogP contribution in [0.15, 0.2) is 18.2 Å². The van der Waals surface area contributed by atoms with E-state index in [4.69, 9.17) is 4.74 Å². The summed E-state index contributed by atoms with van der Waals surface area (Å²) in [6.07, 6.45) is -0.549. The zero-order valence-corrected chi connectivity index (χ0v) is 8.66. The molecule has 1 saturated heterocycles. The van der Waals surface area contributed by atoms with Crippen molar-refractivity contribution >= 4 is 11.8 Å². The van der Waals surface area contributed by atoms with Crippen molar-refractivity contribution < 1.29 is 13.9 Å². The molecule has 0 radical (unpaired) electrons. The Kier molecular flexibility index (Phi) is 2.34. The van der Waals surface area contributed by atoms with Crippen molar-refractivity contribution in [3.05, 3.63) is 29.6 Å². The fraction of sp³-hybridized carbons (Fsp3) is 0.364. The summed E-state index contributed by atoms with van der Waals surface area (Å²) in [5.74, 6) is -0.306. The van der Waals surface area contributed by atoms with E-state index in [1.54, 1.807) is 19.1 Å². The summed E-state index contributed by atoms with van der Waals surface area (Å²) in [5.41, 5.74) is 1.12. The average molecular weight is 209 g/mol. The Morgan fingerprint density at radius 2 is 2.27 bits per heavy atom. The minimum Gasteiger partial charge on any atom is -0.444 e. The molecule has 1 aromatic rings. The van der Waals surface area contributed by atoms with Gasteiger partial charge in [0.05, 0.1) is 12.2 Å². The highest BCUT2D eigenvalue weighted by Crippen LogP contribution is 2.23. The Morgan fingerprint density at radius 1 is 1.53 bits per heavy atom. The highest BCUT2D eigenvalue weighted by molar-refractivity contribution is 5.89. The standard InChI is InChI=1S/C11H12FNO2/c1-7-3-4-9(5-10(7)12)13-6-8(2)15-11(13)14/h3-5,8H,6H2,1-2H3. The number of rotatable bonds is 1. The molecule has 1 aliphatic rings. The molecule has 0 bridgehead atoms. The van der Waals surface area contributed by atoms with Gasteiger partial charge in [0.2, 0.25) is 0 Å². The number of amides is 1. The minimum absolute atomic E-state index is 0.137. The molecule has 0 spiro atoms. The summed E-state index contributed by atoms with van der Waals surface area (Å²) in [6.45, 7) is 3.97. The number of ether oxygens (including phenoxy) is 1. The van der Waals surface area contributed by atoms with E-state index < -0.39 is 6.09 Å². The molecule has 15 heavy (non-hydrogen) atoms. The number of aryl methyl sites for hydroxylation is 1. The molecule has 0 saturated carbocycles. The molecule has 1 aliphatic heterocycles. The van der Waals surface area contributed by atoms with Gasteiger partial charge >= 0.3 is 6.09 Å². The second kappa shape index (κ2) is 3.53. The predicted octanol–water partition coefficient (Wildman–Crippen LogP) is 2.48. The molecule has 1 heterocycles. The van der Waals surface area contributed by atoms with Crippen LogP contribution in [0.4, 0.5) is 14.9 Å². The van der Waals surface area contributed by atoms with Gasteiger partial charge in [0.25, 0.3) is 0 Å². The van der Waals surface area contributed by atoms with E-state index in [-0.39, 0.29) is 11.9 Å². The second-order valence-electron chi connectivity index (χ2n) is 3.74. The van der Waals surface area contributed by atoms with Crippen LogP contribution < -0.4 is 4.90 Å².